The van der Waals surface area contributed by atoms with E-state index in [-0.39, 0.29) is 12.1 Å². The van der Waals surface area contributed by atoms with Crippen LogP contribution in [-0.4, -0.2) is 53.2 Å². The van der Waals surface area contributed by atoms with Crippen molar-refractivity contribution >= 4 is 28.8 Å². The number of amides is 3. The quantitative estimate of drug-likeness (QED) is 0.887. The van der Waals surface area contributed by atoms with Crippen LogP contribution in [0.2, 0.25) is 0 Å². The van der Waals surface area contributed by atoms with Crippen LogP contribution in [0.4, 0.5) is 15.3 Å². The summed E-state index contributed by atoms with van der Waals surface area (Å²) in [4.78, 5) is 34.0. The number of rotatable bonds is 4. The maximum Gasteiger partial charge on any atom is 0.409 e. The first kappa shape index (κ1) is 16.9. The van der Waals surface area contributed by atoms with Gasteiger partial charge in [0.1, 0.15) is 0 Å². The number of aryl methyl sites for hydroxylation is 2. The Morgan fingerprint density at radius 2 is 2.00 bits per heavy atom. The third-order valence-electron chi connectivity index (χ3n) is 4.06. The average Bonchev–Trinajstić information content (AvgIpc) is 2.58. The number of urea groups is 1. The van der Waals surface area contributed by atoms with Crippen molar-refractivity contribution in [2.75, 3.05) is 31.6 Å². The molecule has 0 atom stereocenters. The molecule has 1 saturated heterocycles. The molecule has 3 rings (SSSR count). The molecule has 2 heterocycles. The molecule has 0 bridgehead atoms. The van der Waals surface area contributed by atoms with Crippen molar-refractivity contribution < 1.29 is 14.3 Å². The van der Waals surface area contributed by atoms with Crippen LogP contribution in [0.1, 0.15) is 17.8 Å². The van der Waals surface area contributed by atoms with Gasteiger partial charge in [-0.1, -0.05) is 0 Å². The van der Waals surface area contributed by atoms with Crippen LogP contribution in [0.5, 0.6) is 0 Å². The Balaban J connectivity index is 1.54. The largest absolute Gasteiger partial charge is 0.449 e. The lowest BCUT2D eigenvalue weighted by Gasteiger charge is -2.26. The number of aromatic nitrogens is 2. The van der Waals surface area contributed by atoms with E-state index >= 15 is 0 Å². The molecule has 1 aromatic carbocycles. The van der Waals surface area contributed by atoms with Crippen LogP contribution in [0.3, 0.4) is 0 Å². The minimum atomic E-state index is -0.332. The van der Waals surface area contributed by atoms with Gasteiger partial charge >= 0.3 is 12.1 Å². The molecular formula is C17H21N5O3. The van der Waals surface area contributed by atoms with Crippen LogP contribution in [0.25, 0.3) is 11.0 Å². The molecule has 0 saturated carbocycles. The molecule has 2 aromatic rings. The number of cyclic esters (lactones) is 1. The number of nitrogens with zero attached hydrogens (tertiary/aromatic N) is 3. The number of benzene rings is 1. The fraction of sp³-hybridized carbons (Fsp3) is 0.412. The topological polar surface area (TPSA) is 96.5 Å². The number of ether oxygens (including phenoxy) is 1. The molecule has 1 aromatic heterocycles. The summed E-state index contributed by atoms with van der Waals surface area (Å²) in [7, 11) is 0. The van der Waals surface area contributed by atoms with Crippen LogP contribution in [0, 0.1) is 13.8 Å². The summed E-state index contributed by atoms with van der Waals surface area (Å²) in [5.74, 6) is 0. The van der Waals surface area contributed by atoms with Gasteiger partial charge in [0.2, 0.25) is 0 Å². The molecule has 1 aliphatic rings. The first-order valence-electron chi connectivity index (χ1n) is 8.24. The summed E-state index contributed by atoms with van der Waals surface area (Å²) < 4.78 is 4.95. The van der Waals surface area contributed by atoms with E-state index in [9.17, 15) is 9.59 Å². The minimum absolute atomic E-state index is 0.327. The third-order valence-corrected chi connectivity index (χ3v) is 4.06. The van der Waals surface area contributed by atoms with Gasteiger partial charge in [0, 0.05) is 25.3 Å². The van der Waals surface area contributed by atoms with Crippen LogP contribution in [0.15, 0.2) is 18.2 Å². The first-order valence-corrected chi connectivity index (χ1v) is 8.24. The Kier molecular flexibility index (Phi) is 4.97. The Hall–Kier alpha value is -2.90. The smallest absolute Gasteiger partial charge is 0.409 e. The van der Waals surface area contributed by atoms with Crippen LogP contribution >= 0.6 is 0 Å². The zero-order valence-corrected chi connectivity index (χ0v) is 14.3. The zero-order chi connectivity index (χ0) is 17.8. The highest BCUT2D eigenvalue weighted by Crippen LogP contribution is 2.17. The van der Waals surface area contributed by atoms with Gasteiger partial charge < -0.3 is 20.3 Å². The van der Waals surface area contributed by atoms with E-state index in [1.54, 1.807) is 17.0 Å². The van der Waals surface area contributed by atoms with E-state index in [0.717, 1.165) is 28.8 Å². The summed E-state index contributed by atoms with van der Waals surface area (Å²) in [5, 5.41) is 5.50. The van der Waals surface area contributed by atoms with Gasteiger partial charge in [-0.25, -0.2) is 19.6 Å². The molecular weight excluding hydrogens is 322 g/mol. The Bertz CT molecular complexity index is 808. The van der Waals surface area contributed by atoms with Crippen molar-refractivity contribution in [3.05, 3.63) is 29.6 Å². The maximum absolute atomic E-state index is 12.0. The second-order valence-corrected chi connectivity index (χ2v) is 5.93. The van der Waals surface area contributed by atoms with E-state index in [1.807, 2.05) is 19.9 Å². The summed E-state index contributed by atoms with van der Waals surface area (Å²) in [6, 6.07) is 5.07. The second-order valence-electron chi connectivity index (χ2n) is 5.93. The van der Waals surface area contributed by atoms with Crippen molar-refractivity contribution in [1.82, 2.24) is 20.2 Å². The molecule has 8 nitrogen and oxygen atoms in total. The van der Waals surface area contributed by atoms with Crippen molar-refractivity contribution in [2.45, 2.75) is 20.3 Å². The van der Waals surface area contributed by atoms with Gasteiger partial charge in [-0.05, 0) is 38.5 Å². The summed E-state index contributed by atoms with van der Waals surface area (Å²) >= 11 is 0. The zero-order valence-electron chi connectivity index (χ0n) is 14.3. The van der Waals surface area contributed by atoms with Gasteiger partial charge in [-0.15, -0.1) is 0 Å². The van der Waals surface area contributed by atoms with Gasteiger partial charge in [0.05, 0.1) is 29.0 Å². The fourth-order valence-corrected chi connectivity index (χ4v) is 2.59. The molecule has 1 fully saturated rings. The molecule has 1 aliphatic heterocycles. The highest BCUT2D eigenvalue weighted by atomic mass is 16.6. The number of hydrogen-bond acceptors (Lipinski definition) is 5. The molecule has 8 heteroatoms. The second kappa shape index (κ2) is 7.33. The highest BCUT2D eigenvalue weighted by Gasteiger charge is 2.18. The molecule has 132 valence electrons. The molecule has 0 aliphatic carbocycles. The third kappa shape index (κ3) is 4.14. The van der Waals surface area contributed by atoms with E-state index in [0.29, 0.717) is 31.9 Å². The number of carbonyl (C=O) groups is 2. The SMILES string of the molecule is Cc1nc2ccc(NC(=O)NCCN3CCCOC3=O)cc2nc1C. The van der Waals surface area contributed by atoms with E-state index in [2.05, 4.69) is 20.6 Å². The van der Waals surface area contributed by atoms with Gasteiger partial charge in [-0.2, -0.15) is 0 Å². The van der Waals surface area contributed by atoms with Crippen molar-refractivity contribution in [3.63, 3.8) is 0 Å². The lowest BCUT2D eigenvalue weighted by atomic mass is 10.2. The van der Waals surface area contributed by atoms with Crippen molar-refractivity contribution in [1.29, 1.82) is 0 Å². The predicted molar refractivity (Wildman–Crippen MR) is 93.6 cm³/mol. The fourth-order valence-electron chi connectivity index (χ4n) is 2.59. The maximum atomic E-state index is 12.0. The molecule has 0 unspecified atom stereocenters. The Morgan fingerprint density at radius 3 is 2.76 bits per heavy atom. The lowest BCUT2D eigenvalue weighted by Crippen LogP contribution is -2.43. The normalized spacial score (nSPS) is 14.3. The number of carbonyl (C=O) groups excluding carboxylic acids is 2. The summed E-state index contributed by atoms with van der Waals surface area (Å²) in [6.07, 6.45) is 0.488. The highest BCUT2D eigenvalue weighted by molar-refractivity contribution is 5.91. The Morgan fingerprint density at radius 1 is 1.24 bits per heavy atom. The average molecular weight is 343 g/mol. The summed E-state index contributed by atoms with van der Waals surface area (Å²) in [6.45, 7) is 5.72. The van der Waals surface area contributed by atoms with Crippen molar-refractivity contribution in [2.24, 2.45) is 0 Å². The van der Waals surface area contributed by atoms with Crippen molar-refractivity contribution in [3.8, 4) is 0 Å². The molecule has 3 amide bonds. The number of nitrogens with one attached hydrogen (secondary N) is 2. The standard InChI is InChI=1S/C17H21N5O3/c1-11-12(2)20-15-10-13(4-5-14(15)19-11)21-16(23)18-6-8-22-7-3-9-25-17(22)24/h4-5,10H,3,6-9H2,1-2H3,(H2,18,21,23). The molecule has 2 N–H and O–H groups in total. The summed E-state index contributed by atoms with van der Waals surface area (Å²) in [5.41, 5.74) is 3.92. The number of fused-ring (bicyclic) bond motifs is 1. The molecule has 0 radical (unpaired) electrons. The molecule has 0 spiro atoms. The number of anilines is 1. The first-order chi connectivity index (χ1) is 12.0. The number of hydrogen-bond donors (Lipinski definition) is 2. The lowest BCUT2D eigenvalue weighted by molar-refractivity contribution is 0.0736. The van der Waals surface area contributed by atoms with Gasteiger partial charge in [0.25, 0.3) is 0 Å². The van der Waals surface area contributed by atoms with E-state index < -0.39 is 0 Å². The van der Waals surface area contributed by atoms with E-state index in [4.69, 9.17) is 4.74 Å². The Labute approximate surface area is 145 Å². The van der Waals surface area contributed by atoms with Gasteiger partial charge in [0.15, 0.2) is 0 Å². The van der Waals surface area contributed by atoms with Crippen LogP contribution in [-0.2, 0) is 4.74 Å². The van der Waals surface area contributed by atoms with Gasteiger partial charge in [-0.3, -0.25) is 0 Å². The minimum Gasteiger partial charge on any atom is -0.449 e. The monoisotopic (exact) mass is 343 g/mol. The predicted octanol–water partition coefficient (Wildman–Crippen LogP) is 2.21. The van der Waals surface area contributed by atoms with E-state index in [1.165, 1.54) is 0 Å². The van der Waals surface area contributed by atoms with Crippen LogP contribution < -0.4 is 10.6 Å². The molecule has 25 heavy (non-hydrogen) atoms.